The Morgan fingerprint density at radius 2 is 1.86 bits per heavy atom. The lowest BCUT2D eigenvalue weighted by Gasteiger charge is -2.22. The Morgan fingerprint density at radius 1 is 1.14 bits per heavy atom. The summed E-state index contributed by atoms with van der Waals surface area (Å²) in [6, 6.07) is 7.94. The predicted octanol–water partition coefficient (Wildman–Crippen LogP) is 3.49. The molecule has 0 heterocycles. The summed E-state index contributed by atoms with van der Waals surface area (Å²) in [5, 5.41) is 40.0. The first-order valence-corrected chi connectivity index (χ1v) is 10.9. The second-order valence-corrected chi connectivity index (χ2v) is 8.28. The lowest BCUT2D eigenvalue weighted by molar-refractivity contribution is -0.137. The third-order valence-electron chi connectivity index (χ3n) is 5.99. The van der Waals surface area contributed by atoms with Gasteiger partial charge in [-0.1, -0.05) is 62.6 Å². The largest absolute Gasteiger partial charge is 0.481 e. The topological polar surface area (TPSA) is 98.0 Å². The Bertz CT molecular complexity index is 656. The van der Waals surface area contributed by atoms with Gasteiger partial charge in [-0.15, -0.1) is 0 Å². The molecule has 1 aromatic rings. The Morgan fingerprint density at radius 3 is 2.55 bits per heavy atom. The van der Waals surface area contributed by atoms with Crippen molar-refractivity contribution in [2.75, 3.05) is 0 Å². The predicted molar refractivity (Wildman–Crippen MR) is 114 cm³/mol. The standard InChI is InChI=1S/C24H36O5/c1-2-3-4-11-19(25)13-14-20-21(23(27)16-22(20)26)15-18-9-6-5-8-17(18)10-7-12-24(28)29/h5-6,8-9,13-14,19-23,25-27H,2-4,7,10-12,15-16H2,1H3,(H,28,29)/t19-,20+,21+,22+,23-/m0/s1. The van der Waals surface area contributed by atoms with Crippen LogP contribution in [0.3, 0.4) is 0 Å². The molecule has 162 valence electrons. The highest BCUT2D eigenvalue weighted by molar-refractivity contribution is 5.66. The summed E-state index contributed by atoms with van der Waals surface area (Å²) >= 11 is 0. The highest BCUT2D eigenvalue weighted by atomic mass is 16.4. The van der Waals surface area contributed by atoms with Crippen LogP contribution in [0.4, 0.5) is 0 Å². The van der Waals surface area contributed by atoms with Crippen LogP contribution in [-0.4, -0.2) is 44.7 Å². The van der Waals surface area contributed by atoms with Crippen molar-refractivity contribution in [2.45, 2.75) is 83.0 Å². The molecule has 1 aromatic carbocycles. The van der Waals surface area contributed by atoms with Gasteiger partial charge in [0.2, 0.25) is 0 Å². The number of hydrogen-bond acceptors (Lipinski definition) is 4. The van der Waals surface area contributed by atoms with E-state index in [1.807, 2.05) is 30.3 Å². The van der Waals surface area contributed by atoms with Crippen molar-refractivity contribution in [3.63, 3.8) is 0 Å². The molecule has 1 aliphatic rings. The number of hydrogen-bond donors (Lipinski definition) is 4. The van der Waals surface area contributed by atoms with Crippen molar-refractivity contribution < 1.29 is 25.2 Å². The van der Waals surface area contributed by atoms with E-state index >= 15 is 0 Å². The maximum Gasteiger partial charge on any atom is 0.303 e. The fraction of sp³-hybridized carbons (Fsp3) is 0.625. The Kier molecular flexibility index (Phi) is 9.85. The van der Waals surface area contributed by atoms with Crippen LogP contribution in [-0.2, 0) is 17.6 Å². The minimum absolute atomic E-state index is 0.121. The van der Waals surface area contributed by atoms with Gasteiger partial charge < -0.3 is 20.4 Å². The number of rotatable bonds is 12. The molecule has 0 bridgehead atoms. The van der Waals surface area contributed by atoms with Crippen LogP contribution < -0.4 is 0 Å². The van der Waals surface area contributed by atoms with E-state index in [2.05, 4.69) is 6.92 Å². The SMILES string of the molecule is CCCCC[C@H](O)C=C[C@@H]1[C@@H](Cc2ccccc2CCCC(=O)O)[C@@H](O)C[C@H]1O. The lowest BCUT2D eigenvalue weighted by atomic mass is 9.85. The van der Waals surface area contributed by atoms with Crippen LogP contribution in [0.5, 0.6) is 0 Å². The number of aryl methyl sites for hydroxylation is 1. The molecule has 5 heteroatoms. The summed E-state index contributed by atoms with van der Waals surface area (Å²) < 4.78 is 0. The summed E-state index contributed by atoms with van der Waals surface area (Å²) in [5.41, 5.74) is 2.20. The van der Waals surface area contributed by atoms with E-state index in [1.54, 1.807) is 6.08 Å². The fourth-order valence-corrected chi connectivity index (χ4v) is 4.31. The molecule has 0 amide bonds. The van der Waals surface area contributed by atoms with Gasteiger partial charge in [-0.3, -0.25) is 4.79 Å². The van der Waals surface area contributed by atoms with E-state index in [0.717, 1.165) is 30.4 Å². The first-order valence-electron chi connectivity index (χ1n) is 10.9. The molecular formula is C24H36O5. The molecule has 0 aliphatic heterocycles. The van der Waals surface area contributed by atoms with Crippen LogP contribution >= 0.6 is 0 Å². The smallest absolute Gasteiger partial charge is 0.303 e. The second-order valence-electron chi connectivity index (χ2n) is 8.28. The molecule has 4 N–H and O–H groups in total. The zero-order valence-corrected chi connectivity index (χ0v) is 17.4. The zero-order valence-electron chi connectivity index (χ0n) is 17.4. The minimum Gasteiger partial charge on any atom is -0.481 e. The zero-order chi connectivity index (χ0) is 21.2. The number of aliphatic hydroxyl groups is 3. The minimum atomic E-state index is -0.792. The van der Waals surface area contributed by atoms with Gasteiger partial charge in [-0.05, 0) is 42.7 Å². The van der Waals surface area contributed by atoms with Gasteiger partial charge >= 0.3 is 5.97 Å². The van der Waals surface area contributed by atoms with Crippen molar-refractivity contribution in [1.82, 2.24) is 0 Å². The first-order chi connectivity index (χ1) is 13.9. The Hall–Kier alpha value is -1.69. The second kappa shape index (κ2) is 12.1. The average molecular weight is 405 g/mol. The molecule has 5 nitrogen and oxygen atoms in total. The lowest BCUT2D eigenvalue weighted by Crippen LogP contribution is -2.23. The molecule has 0 spiro atoms. The Labute approximate surface area is 174 Å². The molecule has 0 radical (unpaired) electrons. The van der Waals surface area contributed by atoms with E-state index < -0.39 is 24.3 Å². The van der Waals surface area contributed by atoms with E-state index in [4.69, 9.17) is 5.11 Å². The summed E-state index contributed by atoms with van der Waals surface area (Å²) in [4.78, 5) is 10.8. The van der Waals surface area contributed by atoms with E-state index in [0.29, 0.717) is 32.1 Å². The number of benzene rings is 1. The van der Waals surface area contributed by atoms with Crippen molar-refractivity contribution in [2.24, 2.45) is 11.8 Å². The average Bonchev–Trinajstić information content (AvgIpc) is 2.94. The normalized spacial score (nSPS) is 25.5. The molecule has 0 aromatic heterocycles. The summed E-state index contributed by atoms with van der Waals surface area (Å²) in [6.07, 6.45) is 8.19. The molecular weight excluding hydrogens is 368 g/mol. The van der Waals surface area contributed by atoms with Crippen LogP contribution in [0.25, 0.3) is 0 Å². The van der Waals surface area contributed by atoms with Crippen molar-refractivity contribution in [3.05, 3.63) is 47.5 Å². The molecule has 5 atom stereocenters. The number of aliphatic hydroxyl groups excluding tert-OH is 3. The van der Waals surface area contributed by atoms with Gasteiger partial charge in [0.15, 0.2) is 0 Å². The van der Waals surface area contributed by atoms with E-state index in [1.165, 1.54) is 0 Å². The summed E-state index contributed by atoms with van der Waals surface area (Å²) in [7, 11) is 0. The van der Waals surface area contributed by atoms with Crippen LogP contribution in [0, 0.1) is 11.8 Å². The van der Waals surface area contributed by atoms with Crippen LogP contribution in [0.1, 0.15) is 63.0 Å². The van der Waals surface area contributed by atoms with E-state index in [9.17, 15) is 20.1 Å². The molecule has 1 fully saturated rings. The number of carboxylic acid groups (broad SMARTS) is 1. The first kappa shape index (κ1) is 23.6. The fourth-order valence-electron chi connectivity index (χ4n) is 4.31. The highest BCUT2D eigenvalue weighted by Crippen LogP contribution is 2.37. The van der Waals surface area contributed by atoms with Crippen molar-refractivity contribution in [1.29, 1.82) is 0 Å². The maximum absolute atomic E-state index is 10.8. The Balaban J connectivity index is 2.04. The maximum atomic E-state index is 10.8. The van der Waals surface area contributed by atoms with Crippen LogP contribution in [0.15, 0.2) is 36.4 Å². The number of unbranched alkanes of at least 4 members (excludes halogenated alkanes) is 2. The van der Waals surface area contributed by atoms with Crippen molar-refractivity contribution in [3.8, 4) is 0 Å². The van der Waals surface area contributed by atoms with Gasteiger partial charge in [-0.25, -0.2) is 0 Å². The van der Waals surface area contributed by atoms with E-state index in [-0.39, 0.29) is 18.3 Å². The summed E-state index contributed by atoms with van der Waals surface area (Å²) in [5.74, 6) is -1.11. The highest BCUT2D eigenvalue weighted by Gasteiger charge is 2.40. The van der Waals surface area contributed by atoms with Gasteiger partial charge in [-0.2, -0.15) is 0 Å². The number of aliphatic carboxylic acids is 1. The molecule has 29 heavy (non-hydrogen) atoms. The molecule has 0 saturated heterocycles. The molecule has 1 aliphatic carbocycles. The number of carboxylic acids is 1. The van der Waals surface area contributed by atoms with Gasteiger partial charge in [0, 0.05) is 18.8 Å². The molecule has 1 saturated carbocycles. The molecule has 2 rings (SSSR count). The quantitative estimate of drug-likeness (QED) is 0.316. The number of carbonyl (C=O) groups is 1. The molecule has 0 unspecified atom stereocenters. The monoisotopic (exact) mass is 404 g/mol. The third-order valence-corrected chi connectivity index (χ3v) is 5.99. The third kappa shape index (κ3) is 7.57. The van der Waals surface area contributed by atoms with Gasteiger partial charge in [0.05, 0.1) is 18.3 Å². The van der Waals surface area contributed by atoms with Crippen molar-refractivity contribution >= 4 is 5.97 Å². The van der Waals surface area contributed by atoms with Crippen LogP contribution in [0.2, 0.25) is 0 Å². The van der Waals surface area contributed by atoms with Gasteiger partial charge in [0.25, 0.3) is 0 Å². The van der Waals surface area contributed by atoms with Gasteiger partial charge in [0.1, 0.15) is 0 Å². The summed E-state index contributed by atoms with van der Waals surface area (Å²) in [6.45, 7) is 2.13.